The molecule has 2 heterocycles. The zero-order valence-corrected chi connectivity index (χ0v) is 12.9. The predicted molar refractivity (Wildman–Crippen MR) is 80.7 cm³/mol. The lowest BCUT2D eigenvalue weighted by Gasteiger charge is -2.03. The van der Waals surface area contributed by atoms with Gasteiger partial charge >= 0.3 is 0 Å². The van der Waals surface area contributed by atoms with E-state index in [-0.39, 0.29) is 0 Å². The van der Waals surface area contributed by atoms with Gasteiger partial charge in [-0.25, -0.2) is 9.97 Å². The smallest absolute Gasteiger partial charge is 0.210 e. The van der Waals surface area contributed by atoms with Crippen molar-refractivity contribution >= 4 is 60.8 Å². The van der Waals surface area contributed by atoms with E-state index in [1.807, 2.05) is 29.6 Å². The minimum Gasteiger partial charge on any atom is -0.210 e. The van der Waals surface area contributed by atoms with Crippen LogP contribution in [0.2, 0.25) is 5.28 Å². The second-order valence-corrected chi connectivity index (χ2v) is 6.71. The molecule has 3 rings (SSSR count). The summed E-state index contributed by atoms with van der Waals surface area (Å²) in [6.07, 6.45) is 0. The number of fused-ring (bicyclic) bond motifs is 1. The van der Waals surface area contributed by atoms with Crippen molar-refractivity contribution in [2.24, 2.45) is 0 Å². The van der Waals surface area contributed by atoms with Crippen LogP contribution in [0.5, 0.6) is 0 Å². The Kier molecular flexibility index (Phi) is 3.56. The van der Waals surface area contributed by atoms with Crippen LogP contribution in [-0.4, -0.2) is 9.97 Å². The molecule has 0 aliphatic heterocycles. The van der Waals surface area contributed by atoms with Gasteiger partial charge in [-0.15, -0.1) is 11.3 Å². The molecule has 0 unspecified atom stereocenters. The van der Waals surface area contributed by atoms with Crippen molar-refractivity contribution < 1.29 is 0 Å². The van der Waals surface area contributed by atoms with E-state index < -0.39 is 0 Å². The Balaban J connectivity index is 2.06. The van der Waals surface area contributed by atoms with Gasteiger partial charge in [0, 0.05) is 14.8 Å². The number of aromatic nitrogens is 2. The number of thiophene rings is 1. The molecule has 0 aliphatic carbocycles. The second kappa shape index (κ2) is 5.17. The van der Waals surface area contributed by atoms with E-state index >= 15 is 0 Å². The fourth-order valence-corrected chi connectivity index (χ4v) is 4.13. The molecule has 90 valence electrons. The van der Waals surface area contributed by atoms with Gasteiger partial charge in [0.1, 0.15) is 9.86 Å². The number of halogens is 2. The maximum absolute atomic E-state index is 5.94. The Morgan fingerprint density at radius 3 is 2.94 bits per heavy atom. The average molecular weight is 358 g/mol. The quantitative estimate of drug-likeness (QED) is 0.462. The van der Waals surface area contributed by atoms with E-state index in [2.05, 4.69) is 32.0 Å². The summed E-state index contributed by atoms with van der Waals surface area (Å²) in [5.74, 6) is 0. The first-order valence-corrected chi connectivity index (χ1v) is 7.93. The van der Waals surface area contributed by atoms with Gasteiger partial charge < -0.3 is 0 Å². The molecule has 0 amide bonds. The Labute approximate surface area is 126 Å². The highest BCUT2D eigenvalue weighted by Gasteiger charge is 2.09. The fourth-order valence-electron chi connectivity index (χ4n) is 1.52. The molecule has 0 atom stereocenters. The molecule has 0 saturated heterocycles. The molecule has 0 radical (unpaired) electrons. The van der Waals surface area contributed by atoms with Crippen molar-refractivity contribution in [3.8, 4) is 0 Å². The highest BCUT2D eigenvalue weighted by molar-refractivity contribution is 9.10. The SMILES string of the molecule is Clc1nc(Sc2cccc(Br)c2)c2ccsc2n1. The first kappa shape index (κ1) is 12.4. The topological polar surface area (TPSA) is 25.8 Å². The van der Waals surface area contributed by atoms with Crippen LogP contribution >= 0.6 is 50.6 Å². The highest BCUT2D eigenvalue weighted by atomic mass is 79.9. The Hall–Kier alpha value is -0.620. The Morgan fingerprint density at radius 1 is 1.22 bits per heavy atom. The van der Waals surface area contributed by atoms with E-state index in [0.29, 0.717) is 5.28 Å². The van der Waals surface area contributed by atoms with E-state index in [0.717, 1.165) is 24.6 Å². The Bertz CT molecular complexity index is 714. The lowest BCUT2D eigenvalue weighted by Crippen LogP contribution is -1.86. The summed E-state index contributed by atoms with van der Waals surface area (Å²) in [6.45, 7) is 0. The van der Waals surface area contributed by atoms with Crippen LogP contribution in [0, 0.1) is 0 Å². The normalized spacial score (nSPS) is 11.0. The largest absolute Gasteiger partial charge is 0.224 e. The number of rotatable bonds is 2. The second-order valence-electron chi connectivity index (χ2n) is 3.50. The molecule has 1 aromatic carbocycles. The van der Waals surface area contributed by atoms with Crippen LogP contribution in [0.25, 0.3) is 10.2 Å². The standard InChI is InChI=1S/C12H6BrClN2S2/c13-7-2-1-3-8(6-7)18-11-9-4-5-17-10(9)15-12(14)16-11/h1-6H. The van der Waals surface area contributed by atoms with Crippen molar-refractivity contribution in [1.29, 1.82) is 0 Å². The molecule has 6 heteroatoms. The van der Waals surface area contributed by atoms with Crippen molar-refractivity contribution in [3.05, 3.63) is 45.5 Å². The lowest BCUT2D eigenvalue weighted by molar-refractivity contribution is 1.11. The molecule has 0 aliphatic rings. The summed E-state index contributed by atoms with van der Waals surface area (Å²) >= 11 is 12.6. The third-order valence-corrected chi connectivity index (χ3v) is 4.74. The summed E-state index contributed by atoms with van der Waals surface area (Å²) in [5, 5.41) is 4.24. The summed E-state index contributed by atoms with van der Waals surface area (Å²) in [5.41, 5.74) is 0. The first-order chi connectivity index (χ1) is 8.72. The van der Waals surface area contributed by atoms with Crippen LogP contribution in [0.3, 0.4) is 0 Å². The molecular weight excluding hydrogens is 352 g/mol. The van der Waals surface area contributed by atoms with Crippen molar-refractivity contribution in [3.63, 3.8) is 0 Å². The van der Waals surface area contributed by atoms with E-state index in [1.54, 1.807) is 23.1 Å². The molecule has 0 bridgehead atoms. The van der Waals surface area contributed by atoms with E-state index in [9.17, 15) is 0 Å². The zero-order valence-electron chi connectivity index (χ0n) is 8.93. The summed E-state index contributed by atoms with van der Waals surface area (Å²) in [4.78, 5) is 10.6. The summed E-state index contributed by atoms with van der Waals surface area (Å²) in [6, 6.07) is 10.1. The van der Waals surface area contributed by atoms with Crippen molar-refractivity contribution in [2.75, 3.05) is 0 Å². The third-order valence-electron chi connectivity index (χ3n) is 2.27. The number of hydrogen-bond acceptors (Lipinski definition) is 4. The van der Waals surface area contributed by atoms with Crippen LogP contribution in [0.4, 0.5) is 0 Å². The van der Waals surface area contributed by atoms with Gasteiger partial charge in [-0.1, -0.05) is 33.8 Å². The minimum atomic E-state index is 0.294. The van der Waals surface area contributed by atoms with E-state index in [4.69, 9.17) is 11.6 Å². The van der Waals surface area contributed by atoms with E-state index in [1.165, 1.54) is 0 Å². The predicted octanol–water partition coefficient (Wildman–Crippen LogP) is 5.26. The van der Waals surface area contributed by atoms with Gasteiger partial charge in [-0.3, -0.25) is 0 Å². The summed E-state index contributed by atoms with van der Waals surface area (Å²) < 4.78 is 1.05. The molecule has 0 saturated carbocycles. The zero-order chi connectivity index (χ0) is 12.5. The van der Waals surface area contributed by atoms with Crippen LogP contribution < -0.4 is 0 Å². The van der Waals surface area contributed by atoms with Gasteiger partial charge in [0.05, 0.1) is 0 Å². The molecule has 0 N–H and O–H groups in total. The molecule has 2 nitrogen and oxygen atoms in total. The molecule has 0 fully saturated rings. The third kappa shape index (κ3) is 2.54. The maximum atomic E-state index is 5.94. The monoisotopic (exact) mass is 356 g/mol. The summed E-state index contributed by atoms with van der Waals surface area (Å²) in [7, 11) is 0. The number of nitrogens with zero attached hydrogens (tertiary/aromatic N) is 2. The van der Waals surface area contributed by atoms with Crippen LogP contribution in [-0.2, 0) is 0 Å². The fraction of sp³-hybridized carbons (Fsp3) is 0. The highest BCUT2D eigenvalue weighted by Crippen LogP contribution is 2.34. The maximum Gasteiger partial charge on any atom is 0.224 e. The lowest BCUT2D eigenvalue weighted by atomic mass is 10.4. The molecule has 18 heavy (non-hydrogen) atoms. The van der Waals surface area contributed by atoms with Crippen LogP contribution in [0.15, 0.2) is 50.1 Å². The van der Waals surface area contributed by atoms with Crippen molar-refractivity contribution in [1.82, 2.24) is 9.97 Å². The molecule has 0 spiro atoms. The van der Waals surface area contributed by atoms with Crippen molar-refractivity contribution in [2.45, 2.75) is 9.92 Å². The van der Waals surface area contributed by atoms with Gasteiger partial charge in [0.15, 0.2) is 0 Å². The van der Waals surface area contributed by atoms with Gasteiger partial charge in [0.25, 0.3) is 0 Å². The molecular formula is C12H6BrClN2S2. The molecule has 3 aromatic rings. The average Bonchev–Trinajstić information content (AvgIpc) is 2.77. The Morgan fingerprint density at radius 2 is 2.11 bits per heavy atom. The van der Waals surface area contributed by atoms with Gasteiger partial charge in [0.2, 0.25) is 5.28 Å². The van der Waals surface area contributed by atoms with Crippen LogP contribution in [0.1, 0.15) is 0 Å². The number of hydrogen-bond donors (Lipinski definition) is 0. The van der Waals surface area contributed by atoms with Gasteiger partial charge in [-0.05, 0) is 41.2 Å². The van der Waals surface area contributed by atoms with Gasteiger partial charge in [-0.2, -0.15) is 0 Å². The minimum absolute atomic E-state index is 0.294. The molecule has 2 aromatic heterocycles. The number of benzene rings is 1. The first-order valence-electron chi connectivity index (χ1n) is 5.06.